The van der Waals surface area contributed by atoms with E-state index in [0.717, 1.165) is 12.5 Å². The summed E-state index contributed by atoms with van der Waals surface area (Å²) in [5.74, 6) is 0.898. The number of nitrogens with one attached hydrogen (secondary N) is 1. The SMILES string of the molecule is CC(N)NCC1CCCCC1. The lowest BCUT2D eigenvalue weighted by Gasteiger charge is -2.22. The first-order valence-corrected chi connectivity index (χ1v) is 4.78. The van der Waals surface area contributed by atoms with Gasteiger partial charge in [0.2, 0.25) is 0 Å². The van der Waals surface area contributed by atoms with E-state index in [1.807, 2.05) is 6.92 Å². The molecule has 0 aromatic rings. The number of rotatable bonds is 3. The summed E-state index contributed by atoms with van der Waals surface area (Å²) < 4.78 is 0. The minimum atomic E-state index is 0.164. The van der Waals surface area contributed by atoms with Crippen molar-refractivity contribution in [3.8, 4) is 0 Å². The molecule has 1 atom stereocenters. The zero-order valence-electron chi connectivity index (χ0n) is 7.47. The van der Waals surface area contributed by atoms with E-state index in [4.69, 9.17) is 5.73 Å². The predicted molar refractivity (Wildman–Crippen MR) is 48.2 cm³/mol. The van der Waals surface area contributed by atoms with Gasteiger partial charge in [0, 0.05) is 0 Å². The second kappa shape index (κ2) is 4.73. The van der Waals surface area contributed by atoms with Gasteiger partial charge in [-0.25, -0.2) is 0 Å². The molecule has 0 heterocycles. The van der Waals surface area contributed by atoms with Crippen LogP contribution in [0.1, 0.15) is 39.0 Å². The van der Waals surface area contributed by atoms with E-state index in [0.29, 0.717) is 0 Å². The molecule has 0 aromatic heterocycles. The molecule has 1 unspecified atom stereocenters. The van der Waals surface area contributed by atoms with Crippen LogP contribution in [0.4, 0.5) is 0 Å². The van der Waals surface area contributed by atoms with Gasteiger partial charge in [-0.3, -0.25) is 0 Å². The largest absolute Gasteiger partial charge is 0.316 e. The van der Waals surface area contributed by atoms with Crippen molar-refractivity contribution in [2.24, 2.45) is 11.7 Å². The average Bonchev–Trinajstić information content (AvgIpc) is 2.03. The fourth-order valence-corrected chi connectivity index (χ4v) is 1.74. The van der Waals surface area contributed by atoms with E-state index in [1.165, 1.54) is 32.1 Å². The fourth-order valence-electron chi connectivity index (χ4n) is 1.74. The molecule has 1 aliphatic carbocycles. The molecule has 0 spiro atoms. The maximum atomic E-state index is 5.60. The van der Waals surface area contributed by atoms with Crippen LogP contribution in [0.3, 0.4) is 0 Å². The van der Waals surface area contributed by atoms with Gasteiger partial charge in [-0.1, -0.05) is 19.3 Å². The molecule has 0 amide bonds. The Balaban J connectivity index is 2.05. The van der Waals surface area contributed by atoms with Gasteiger partial charge < -0.3 is 11.1 Å². The molecule has 1 saturated carbocycles. The molecular formula is C9H20N2. The highest BCUT2D eigenvalue weighted by Gasteiger charge is 2.12. The third kappa shape index (κ3) is 3.73. The Morgan fingerprint density at radius 2 is 2.00 bits per heavy atom. The standard InChI is InChI=1S/C9H20N2/c1-8(10)11-7-9-5-3-2-4-6-9/h8-9,11H,2-7,10H2,1H3. The molecule has 3 N–H and O–H groups in total. The molecule has 11 heavy (non-hydrogen) atoms. The maximum Gasteiger partial charge on any atom is 0.0517 e. The second-order valence-corrected chi connectivity index (χ2v) is 3.70. The van der Waals surface area contributed by atoms with Crippen molar-refractivity contribution in [2.75, 3.05) is 6.54 Å². The fraction of sp³-hybridized carbons (Fsp3) is 1.00. The van der Waals surface area contributed by atoms with Crippen molar-refractivity contribution >= 4 is 0 Å². The van der Waals surface area contributed by atoms with Gasteiger partial charge in [-0.2, -0.15) is 0 Å². The Morgan fingerprint density at radius 3 is 2.55 bits per heavy atom. The first-order chi connectivity index (χ1) is 5.29. The first-order valence-electron chi connectivity index (χ1n) is 4.78. The van der Waals surface area contributed by atoms with Gasteiger partial charge in [-0.05, 0) is 32.2 Å². The van der Waals surface area contributed by atoms with E-state index in [2.05, 4.69) is 5.32 Å². The summed E-state index contributed by atoms with van der Waals surface area (Å²) in [7, 11) is 0. The van der Waals surface area contributed by atoms with Crippen LogP contribution in [0.2, 0.25) is 0 Å². The molecule has 2 heteroatoms. The van der Waals surface area contributed by atoms with E-state index in [9.17, 15) is 0 Å². The molecule has 1 fully saturated rings. The van der Waals surface area contributed by atoms with Gasteiger partial charge in [0.1, 0.15) is 0 Å². The highest BCUT2D eigenvalue weighted by Crippen LogP contribution is 2.22. The number of hydrogen-bond acceptors (Lipinski definition) is 2. The Bertz CT molecular complexity index is 95.7. The van der Waals surface area contributed by atoms with Crippen LogP contribution < -0.4 is 11.1 Å². The summed E-state index contributed by atoms with van der Waals surface area (Å²) in [4.78, 5) is 0. The van der Waals surface area contributed by atoms with Crippen LogP contribution in [0.15, 0.2) is 0 Å². The van der Waals surface area contributed by atoms with Crippen LogP contribution in [0.25, 0.3) is 0 Å². The minimum Gasteiger partial charge on any atom is -0.316 e. The zero-order chi connectivity index (χ0) is 8.10. The summed E-state index contributed by atoms with van der Waals surface area (Å²) in [5.41, 5.74) is 5.60. The first kappa shape index (κ1) is 9.01. The highest BCUT2D eigenvalue weighted by atomic mass is 15.0. The van der Waals surface area contributed by atoms with Crippen LogP contribution in [0.5, 0.6) is 0 Å². The Kier molecular flexibility index (Phi) is 3.87. The third-order valence-electron chi connectivity index (χ3n) is 2.45. The van der Waals surface area contributed by atoms with Crippen LogP contribution >= 0.6 is 0 Å². The topological polar surface area (TPSA) is 38.0 Å². The molecule has 0 radical (unpaired) electrons. The van der Waals surface area contributed by atoms with Crippen LogP contribution in [0, 0.1) is 5.92 Å². The highest BCUT2D eigenvalue weighted by molar-refractivity contribution is 4.68. The normalized spacial score (nSPS) is 23.5. The molecule has 0 aromatic carbocycles. The number of nitrogens with two attached hydrogens (primary N) is 1. The molecule has 1 aliphatic rings. The van der Waals surface area contributed by atoms with Gasteiger partial charge in [-0.15, -0.1) is 0 Å². The third-order valence-corrected chi connectivity index (χ3v) is 2.45. The summed E-state index contributed by atoms with van der Waals surface area (Å²) in [5, 5.41) is 3.29. The van der Waals surface area contributed by atoms with E-state index < -0.39 is 0 Å². The van der Waals surface area contributed by atoms with Gasteiger partial charge in [0.15, 0.2) is 0 Å². The van der Waals surface area contributed by atoms with Crippen molar-refractivity contribution in [3.05, 3.63) is 0 Å². The van der Waals surface area contributed by atoms with Gasteiger partial charge >= 0.3 is 0 Å². The van der Waals surface area contributed by atoms with Gasteiger partial charge in [0.25, 0.3) is 0 Å². The van der Waals surface area contributed by atoms with Crippen molar-refractivity contribution < 1.29 is 0 Å². The van der Waals surface area contributed by atoms with Crippen molar-refractivity contribution in [3.63, 3.8) is 0 Å². The molecule has 1 rings (SSSR count). The van der Waals surface area contributed by atoms with Crippen molar-refractivity contribution in [1.29, 1.82) is 0 Å². The smallest absolute Gasteiger partial charge is 0.0517 e. The maximum absolute atomic E-state index is 5.60. The second-order valence-electron chi connectivity index (χ2n) is 3.70. The lowest BCUT2D eigenvalue weighted by molar-refractivity contribution is 0.331. The van der Waals surface area contributed by atoms with E-state index >= 15 is 0 Å². The number of hydrogen-bond donors (Lipinski definition) is 2. The monoisotopic (exact) mass is 156 g/mol. The summed E-state index contributed by atoms with van der Waals surface area (Å²) >= 11 is 0. The zero-order valence-corrected chi connectivity index (χ0v) is 7.47. The Morgan fingerprint density at radius 1 is 1.36 bits per heavy atom. The molecule has 66 valence electrons. The average molecular weight is 156 g/mol. The van der Waals surface area contributed by atoms with Crippen LogP contribution in [-0.4, -0.2) is 12.7 Å². The van der Waals surface area contributed by atoms with Crippen molar-refractivity contribution in [1.82, 2.24) is 5.32 Å². The quantitative estimate of drug-likeness (QED) is 0.607. The summed E-state index contributed by atoms with van der Waals surface area (Å²) in [6.07, 6.45) is 7.25. The molecule has 0 bridgehead atoms. The van der Waals surface area contributed by atoms with Gasteiger partial charge in [0.05, 0.1) is 6.17 Å². The lowest BCUT2D eigenvalue weighted by Crippen LogP contribution is -2.37. The summed E-state index contributed by atoms with van der Waals surface area (Å²) in [6.45, 7) is 3.13. The predicted octanol–water partition coefficient (Wildman–Crippen LogP) is 1.46. The van der Waals surface area contributed by atoms with E-state index in [-0.39, 0.29) is 6.17 Å². The lowest BCUT2D eigenvalue weighted by atomic mass is 9.89. The molecule has 2 nitrogen and oxygen atoms in total. The Labute approximate surface area is 69.5 Å². The molecular weight excluding hydrogens is 136 g/mol. The summed E-state index contributed by atoms with van der Waals surface area (Å²) in [6, 6.07) is 0. The molecule has 0 aliphatic heterocycles. The molecule has 0 saturated heterocycles. The minimum absolute atomic E-state index is 0.164. The van der Waals surface area contributed by atoms with E-state index in [1.54, 1.807) is 0 Å². The Hall–Kier alpha value is -0.0800. The van der Waals surface area contributed by atoms with Crippen molar-refractivity contribution in [2.45, 2.75) is 45.2 Å². The van der Waals surface area contributed by atoms with Crippen LogP contribution in [-0.2, 0) is 0 Å².